The molecule has 1 unspecified atom stereocenters. The van der Waals surface area contributed by atoms with Crippen molar-refractivity contribution < 1.29 is 24.5 Å². The van der Waals surface area contributed by atoms with Crippen LogP contribution in [0.25, 0.3) is 0 Å². The molecule has 3 N–H and O–H groups in total. The Kier molecular flexibility index (Phi) is 5.32. The first-order chi connectivity index (χ1) is 9.58. The largest absolute Gasteiger partial charge is 0.479 e. The summed E-state index contributed by atoms with van der Waals surface area (Å²) in [7, 11) is 0. The number of amides is 1. The number of hydrogen-bond acceptors (Lipinski definition) is 4. The summed E-state index contributed by atoms with van der Waals surface area (Å²) in [6.45, 7) is 7.10. The van der Waals surface area contributed by atoms with Crippen molar-refractivity contribution in [3.05, 3.63) is 29.3 Å². The Hall–Kier alpha value is -2.08. The van der Waals surface area contributed by atoms with Crippen molar-refractivity contribution in [3.8, 4) is 0 Å². The Bertz CT molecular complexity index is 533. The Balaban J connectivity index is 2.75. The maximum atomic E-state index is 11.7. The molecule has 0 aliphatic heterocycles. The molecular weight excluding hydrogens is 274 g/mol. The number of nitrogens with one attached hydrogen (secondary N) is 1. The van der Waals surface area contributed by atoms with Crippen molar-refractivity contribution in [2.75, 3.05) is 5.32 Å². The molecule has 0 saturated carbocycles. The van der Waals surface area contributed by atoms with E-state index >= 15 is 0 Å². The number of rotatable bonds is 4. The lowest BCUT2D eigenvalue weighted by molar-refractivity contribution is -0.146. The van der Waals surface area contributed by atoms with Crippen LogP contribution in [0.5, 0.6) is 0 Å². The summed E-state index contributed by atoms with van der Waals surface area (Å²) in [5.41, 5.74) is 1.44. The molecule has 6 nitrogen and oxygen atoms in total. The maximum absolute atomic E-state index is 11.7. The van der Waals surface area contributed by atoms with Crippen LogP contribution < -0.4 is 5.32 Å². The third kappa shape index (κ3) is 5.83. The number of carbonyl (C=O) groups excluding carboxylic acids is 1. The molecule has 6 heteroatoms. The topological polar surface area (TPSA) is 95.9 Å². The van der Waals surface area contributed by atoms with E-state index < -0.39 is 23.8 Å². The fourth-order valence-electron chi connectivity index (χ4n) is 1.72. The van der Waals surface area contributed by atoms with Crippen LogP contribution in [0, 0.1) is 6.92 Å². The first kappa shape index (κ1) is 17.0. The molecule has 0 heterocycles. The number of aliphatic hydroxyl groups excluding tert-OH is 1. The van der Waals surface area contributed by atoms with Crippen LogP contribution in [-0.2, 0) is 16.0 Å². The number of hydrogen-bond donors (Lipinski definition) is 3. The molecule has 0 aromatic heterocycles. The van der Waals surface area contributed by atoms with Crippen molar-refractivity contribution >= 4 is 17.7 Å². The quantitative estimate of drug-likeness (QED) is 0.792. The van der Waals surface area contributed by atoms with E-state index in [-0.39, 0.29) is 6.42 Å². The number of aliphatic hydroxyl groups is 1. The standard InChI is InChI=1S/C15H21NO5/c1-9-7-10(8-12(17)13(18)19)5-6-11(9)16-14(20)21-15(2,3)4/h5-7,12,17H,8H2,1-4H3,(H,16,20)(H,18,19). The summed E-state index contributed by atoms with van der Waals surface area (Å²) in [6, 6.07) is 5.04. The van der Waals surface area contributed by atoms with Crippen molar-refractivity contribution in [2.24, 2.45) is 0 Å². The van der Waals surface area contributed by atoms with Gasteiger partial charge in [-0.15, -0.1) is 0 Å². The third-order valence-corrected chi connectivity index (χ3v) is 2.64. The zero-order chi connectivity index (χ0) is 16.2. The Morgan fingerprint density at radius 3 is 2.43 bits per heavy atom. The molecule has 0 fully saturated rings. The Morgan fingerprint density at radius 1 is 1.33 bits per heavy atom. The predicted octanol–water partition coefficient (Wildman–Crippen LogP) is 2.33. The van der Waals surface area contributed by atoms with Crippen molar-refractivity contribution in [1.29, 1.82) is 0 Å². The van der Waals surface area contributed by atoms with Gasteiger partial charge in [-0.3, -0.25) is 5.32 Å². The highest BCUT2D eigenvalue weighted by Crippen LogP contribution is 2.19. The van der Waals surface area contributed by atoms with E-state index in [0.29, 0.717) is 11.3 Å². The lowest BCUT2D eigenvalue weighted by atomic mass is 10.0. The fourth-order valence-corrected chi connectivity index (χ4v) is 1.72. The van der Waals surface area contributed by atoms with Gasteiger partial charge in [-0.05, 0) is 44.9 Å². The summed E-state index contributed by atoms with van der Waals surface area (Å²) < 4.78 is 5.16. The molecule has 0 aliphatic carbocycles. The van der Waals surface area contributed by atoms with Gasteiger partial charge in [0.15, 0.2) is 6.10 Å². The first-order valence-corrected chi connectivity index (χ1v) is 6.59. The molecule has 0 saturated heterocycles. The highest BCUT2D eigenvalue weighted by Gasteiger charge is 2.17. The van der Waals surface area contributed by atoms with Gasteiger partial charge >= 0.3 is 12.1 Å². The highest BCUT2D eigenvalue weighted by molar-refractivity contribution is 5.86. The molecule has 0 bridgehead atoms. The molecule has 0 aliphatic rings. The van der Waals surface area contributed by atoms with Crippen LogP contribution in [0.1, 0.15) is 31.9 Å². The molecule has 1 rings (SSSR count). The van der Waals surface area contributed by atoms with Crippen LogP contribution in [0.2, 0.25) is 0 Å². The molecule has 21 heavy (non-hydrogen) atoms. The summed E-state index contributed by atoms with van der Waals surface area (Å²) in [4.78, 5) is 22.3. The lowest BCUT2D eigenvalue weighted by Gasteiger charge is -2.20. The minimum absolute atomic E-state index is 0.0168. The zero-order valence-corrected chi connectivity index (χ0v) is 12.6. The summed E-state index contributed by atoms with van der Waals surface area (Å²) in [6.07, 6.45) is -1.97. The molecule has 116 valence electrons. The van der Waals surface area contributed by atoms with Gasteiger partial charge in [-0.1, -0.05) is 12.1 Å². The molecule has 1 aromatic carbocycles. The Morgan fingerprint density at radius 2 is 1.95 bits per heavy atom. The van der Waals surface area contributed by atoms with Gasteiger partial charge in [0.1, 0.15) is 5.60 Å². The number of carboxylic acids is 1. The van der Waals surface area contributed by atoms with Gasteiger partial charge in [0.05, 0.1) is 0 Å². The average Bonchev–Trinajstić information content (AvgIpc) is 2.30. The second kappa shape index (κ2) is 6.58. The van der Waals surface area contributed by atoms with E-state index in [1.807, 2.05) is 0 Å². The van der Waals surface area contributed by atoms with E-state index in [1.165, 1.54) is 0 Å². The predicted molar refractivity (Wildman–Crippen MR) is 78.4 cm³/mol. The number of aliphatic carboxylic acids is 1. The van der Waals surface area contributed by atoms with Gasteiger partial charge in [-0.2, -0.15) is 0 Å². The number of aryl methyl sites for hydroxylation is 1. The molecule has 0 spiro atoms. The summed E-state index contributed by atoms with van der Waals surface area (Å²) >= 11 is 0. The van der Waals surface area contributed by atoms with Crippen LogP contribution in [0.15, 0.2) is 18.2 Å². The van der Waals surface area contributed by atoms with E-state index in [2.05, 4.69) is 5.32 Å². The second-order valence-corrected chi connectivity index (χ2v) is 5.83. The van der Waals surface area contributed by atoms with E-state index in [0.717, 1.165) is 5.56 Å². The minimum atomic E-state index is -1.44. The maximum Gasteiger partial charge on any atom is 0.412 e. The van der Waals surface area contributed by atoms with Crippen LogP contribution >= 0.6 is 0 Å². The molecule has 1 amide bonds. The third-order valence-electron chi connectivity index (χ3n) is 2.64. The average molecular weight is 295 g/mol. The molecule has 1 atom stereocenters. The first-order valence-electron chi connectivity index (χ1n) is 6.59. The van der Waals surface area contributed by atoms with Gasteiger partial charge in [0.2, 0.25) is 0 Å². The number of anilines is 1. The molecule has 0 radical (unpaired) electrons. The number of benzene rings is 1. The zero-order valence-electron chi connectivity index (χ0n) is 12.6. The highest BCUT2D eigenvalue weighted by atomic mass is 16.6. The minimum Gasteiger partial charge on any atom is -0.479 e. The summed E-state index contributed by atoms with van der Waals surface area (Å²) in [5, 5.41) is 20.6. The number of ether oxygens (including phenoxy) is 1. The van der Waals surface area contributed by atoms with E-state index in [4.69, 9.17) is 9.84 Å². The fraction of sp³-hybridized carbons (Fsp3) is 0.467. The van der Waals surface area contributed by atoms with E-state index in [9.17, 15) is 14.7 Å². The Labute approximate surface area is 123 Å². The monoisotopic (exact) mass is 295 g/mol. The van der Waals surface area contributed by atoms with Crippen LogP contribution in [0.3, 0.4) is 0 Å². The summed E-state index contributed by atoms with van der Waals surface area (Å²) in [5.74, 6) is -1.26. The van der Waals surface area contributed by atoms with E-state index in [1.54, 1.807) is 45.9 Å². The van der Waals surface area contributed by atoms with Crippen LogP contribution in [-0.4, -0.2) is 34.0 Å². The molecular formula is C15H21NO5. The van der Waals surface area contributed by atoms with Gasteiger partial charge in [0, 0.05) is 12.1 Å². The van der Waals surface area contributed by atoms with Gasteiger partial charge in [0.25, 0.3) is 0 Å². The van der Waals surface area contributed by atoms with Crippen LogP contribution in [0.4, 0.5) is 10.5 Å². The SMILES string of the molecule is Cc1cc(CC(O)C(=O)O)ccc1NC(=O)OC(C)(C)C. The lowest BCUT2D eigenvalue weighted by Crippen LogP contribution is -2.27. The van der Waals surface area contributed by atoms with Gasteiger partial charge < -0.3 is 14.9 Å². The van der Waals surface area contributed by atoms with Crippen molar-refractivity contribution in [2.45, 2.75) is 45.8 Å². The smallest absolute Gasteiger partial charge is 0.412 e. The second-order valence-electron chi connectivity index (χ2n) is 5.83. The molecule has 1 aromatic rings. The normalized spacial score (nSPS) is 12.6. The number of carbonyl (C=O) groups is 2. The van der Waals surface area contributed by atoms with Crippen molar-refractivity contribution in [1.82, 2.24) is 0 Å². The van der Waals surface area contributed by atoms with Gasteiger partial charge in [-0.25, -0.2) is 9.59 Å². The van der Waals surface area contributed by atoms with Crippen molar-refractivity contribution in [3.63, 3.8) is 0 Å². The number of carboxylic acid groups (broad SMARTS) is 1.